The van der Waals surface area contributed by atoms with Crippen molar-refractivity contribution in [1.82, 2.24) is 0 Å². The second-order valence-electron chi connectivity index (χ2n) is 6.59. The number of hydrogen-bond donors (Lipinski definition) is 1. The summed E-state index contributed by atoms with van der Waals surface area (Å²) in [6.07, 6.45) is 0. The highest BCUT2D eigenvalue weighted by Crippen LogP contribution is 2.32. The van der Waals surface area contributed by atoms with Gasteiger partial charge < -0.3 is 19.7 Å². The molecule has 6 nitrogen and oxygen atoms in total. The minimum absolute atomic E-state index is 0.144. The summed E-state index contributed by atoms with van der Waals surface area (Å²) in [5.74, 6) is 0.866. The van der Waals surface area contributed by atoms with E-state index in [1.807, 2.05) is 30.3 Å². The number of nitrogens with zero attached hydrogens (tertiary/aromatic N) is 1. The van der Waals surface area contributed by atoms with Crippen molar-refractivity contribution in [2.45, 2.75) is 0 Å². The van der Waals surface area contributed by atoms with Crippen LogP contribution in [-0.2, 0) is 0 Å². The Morgan fingerprint density at radius 3 is 2.21 bits per heavy atom. The molecule has 29 heavy (non-hydrogen) atoms. The van der Waals surface area contributed by atoms with E-state index in [-0.39, 0.29) is 11.8 Å². The molecule has 0 aromatic heterocycles. The van der Waals surface area contributed by atoms with Crippen LogP contribution in [-0.4, -0.2) is 32.1 Å². The maximum atomic E-state index is 12.7. The topological polar surface area (TPSA) is 67.9 Å². The lowest BCUT2D eigenvalue weighted by molar-refractivity contribution is 0.0989. The Morgan fingerprint density at radius 2 is 1.48 bits per heavy atom. The SMILES string of the molecule is CN(C(=O)c1ccc(C(=O)Nc2ccc3c(c2)OCCO3)cc1)c1ccccc1. The molecule has 0 radical (unpaired) electrons. The molecule has 0 spiro atoms. The third-order valence-electron chi connectivity index (χ3n) is 4.64. The summed E-state index contributed by atoms with van der Waals surface area (Å²) in [4.78, 5) is 26.8. The molecule has 0 bridgehead atoms. The van der Waals surface area contributed by atoms with Crippen molar-refractivity contribution in [3.63, 3.8) is 0 Å². The van der Waals surface area contributed by atoms with E-state index >= 15 is 0 Å². The summed E-state index contributed by atoms with van der Waals surface area (Å²) >= 11 is 0. The van der Waals surface area contributed by atoms with Crippen LogP contribution in [0, 0.1) is 0 Å². The van der Waals surface area contributed by atoms with E-state index in [1.54, 1.807) is 54.4 Å². The fraction of sp³-hybridized carbons (Fsp3) is 0.130. The van der Waals surface area contributed by atoms with E-state index < -0.39 is 0 Å². The predicted molar refractivity (Wildman–Crippen MR) is 111 cm³/mol. The molecule has 6 heteroatoms. The van der Waals surface area contributed by atoms with Crippen LogP contribution >= 0.6 is 0 Å². The fourth-order valence-corrected chi connectivity index (χ4v) is 3.05. The standard InChI is InChI=1S/C23H20N2O4/c1-25(19-5-3-2-4-6-19)23(27)17-9-7-16(8-10-17)22(26)24-18-11-12-20-21(15-18)29-14-13-28-20/h2-12,15H,13-14H2,1H3,(H,24,26). The number of nitrogens with one attached hydrogen (secondary N) is 1. The van der Waals surface area contributed by atoms with Gasteiger partial charge in [0.05, 0.1) is 0 Å². The number of anilines is 2. The fourth-order valence-electron chi connectivity index (χ4n) is 3.05. The van der Waals surface area contributed by atoms with E-state index in [2.05, 4.69) is 5.32 Å². The molecule has 1 aliphatic heterocycles. The first kappa shape index (κ1) is 18.6. The summed E-state index contributed by atoms with van der Waals surface area (Å²) < 4.78 is 11.0. The average molecular weight is 388 g/mol. The quantitative estimate of drug-likeness (QED) is 0.734. The molecule has 4 rings (SSSR count). The Balaban J connectivity index is 1.45. The second kappa shape index (κ2) is 8.06. The maximum absolute atomic E-state index is 12.7. The number of carbonyl (C=O) groups is 2. The van der Waals surface area contributed by atoms with Crippen molar-refractivity contribution < 1.29 is 19.1 Å². The summed E-state index contributed by atoms with van der Waals surface area (Å²) in [6, 6.07) is 21.2. The Kier molecular flexibility index (Phi) is 5.16. The van der Waals surface area contributed by atoms with Crippen LogP contribution in [0.3, 0.4) is 0 Å². The first-order chi connectivity index (χ1) is 14.1. The monoisotopic (exact) mass is 388 g/mol. The maximum Gasteiger partial charge on any atom is 0.258 e. The second-order valence-corrected chi connectivity index (χ2v) is 6.59. The van der Waals surface area contributed by atoms with Crippen molar-refractivity contribution >= 4 is 23.2 Å². The van der Waals surface area contributed by atoms with Crippen molar-refractivity contribution in [3.8, 4) is 11.5 Å². The Morgan fingerprint density at radius 1 is 0.828 bits per heavy atom. The molecule has 146 valence electrons. The minimum Gasteiger partial charge on any atom is -0.486 e. The van der Waals surface area contributed by atoms with Gasteiger partial charge in [0.2, 0.25) is 0 Å². The van der Waals surface area contributed by atoms with Gasteiger partial charge in [0.25, 0.3) is 11.8 Å². The molecule has 2 amide bonds. The lowest BCUT2D eigenvalue weighted by atomic mass is 10.1. The van der Waals surface area contributed by atoms with Crippen LogP contribution in [0.4, 0.5) is 11.4 Å². The number of amides is 2. The van der Waals surface area contributed by atoms with Crippen LogP contribution < -0.4 is 19.7 Å². The molecule has 0 fully saturated rings. The van der Waals surface area contributed by atoms with Gasteiger partial charge in [-0.1, -0.05) is 18.2 Å². The van der Waals surface area contributed by atoms with Gasteiger partial charge in [-0.2, -0.15) is 0 Å². The molecule has 0 saturated heterocycles. The highest BCUT2D eigenvalue weighted by Gasteiger charge is 2.16. The van der Waals surface area contributed by atoms with Crippen molar-refractivity contribution in [3.05, 3.63) is 83.9 Å². The van der Waals surface area contributed by atoms with Gasteiger partial charge in [-0.15, -0.1) is 0 Å². The molecule has 1 aliphatic rings. The number of hydrogen-bond acceptors (Lipinski definition) is 4. The van der Waals surface area contributed by atoms with E-state index in [0.717, 1.165) is 5.69 Å². The van der Waals surface area contributed by atoms with Crippen molar-refractivity contribution in [1.29, 1.82) is 0 Å². The molecule has 0 aliphatic carbocycles. The highest BCUT2D eigenvalue weighted by atomic mass is 16.6. The molecule has 0 atom stereocenters. The number of para-hydroxylation sites is 1. The van der Waals surface area contributed by atoms with Crippen LogP contribution in [0.1, 0.15) is 20.7 Å². The molecule has 3 aromatic carbocycles. The Labute approximate surface area is 168 Å². The highest BCUT2D eigenvalue weighted by molar-refractivity contribution is 6.08. The average Bonchev–Trinajstić information content (AvgIpc) is 2.78. The van der Waals surface area contributed by atoms with Gasteiger partial charge in [-0.25, -0.2) is 0 Å². The molecule has 1 N–H and O–H groups in total. The van der Waals surface area contributed by atoms with E-state index in [4.69, 9.17) is 9.47 Å². The molecule has 0 unspecified atom stereocenters. The number of ether oxygens (including phenoxy) is 2. The Bertz CT molecular complexity index is 1030. The summed E-state index contributed by atoms with van der Waals surface area (Å²) in [7, 11) is 1.72. The number of carbonyl (C=O) groups excluding carboxylic acids is 2. The predicted octanol–water partition coefficient (Wildman–Crippen LogP) is 3.99. The van der Waals surface area contributed by atoms with Gasteiger partial charge in [0.1, 0.15) is 13.2 Å². The van der Waals surface area contributed by atoms with Gasteiger partial charge in [0, 0.05) is 35.6 Å². The zero-order valence-electron chi connectivity index (χ0n) is 15.9. The van der Waals surface area contributed by atoms with Crippen molar-refractivity contribution in [2.24, 2.45) is 0 Å². The lowest BCUT2D eigenvalue weighted by Crippen LogP contribution is -2.26. The van der Waals surface area contributed by atoms with Gasteiger partial charge >= 0.3 is 0 Å². The Hall–Kier alpha value is -3.80. The van der Waals surface area contributed by atoms with E-state index in [1.165, 1.54) is 0 Å². The van der Waals surface area contributed by atoms with Crippen LogP contribution in [0.2, 0.25) is 0 Å². The number of rotatable bonds is 4. The van der Waals surface area contributed by atoms with Crippen LogP contribution in [0.15, 0.2) is 72.8 Å². The number of benzene rings is 3. The minimum atomic E-state index is -0.267. The first-order valence-corrected chi connectivity index (χ1v) is 9.26. The zero-order chi connectivity index (χ0) is 20.2. The molecule has 3 aromatic rings. The molecule has 1 heterocycles. The lowest BCUT2D eigenvalue weighted by Gasteiger charge is -2.19. The number of fused-ring (bicyclic) bond motifs is 1. The molecule has 0 saturated carbocycles. The zero-order valence-corrected chi connectivity index (χ0v) is 15.9. The van der Waals surface area contributed by atoms with Crippen molar-refractivity contribution in [2.75, 3.05) is 30.5 Å². The largest absolute Gasteiger partial charge is 0.486 e. The molecular formula is C23H20N2O4. The first-order valence-electron chi connectivity index (χ1n) is 9.26. The van der Waals surface area contributed by atoms with Crippen LogP contribution in [0.5, 0.6) is 11.5 Å². The van der Waals surface area contributed by atoms with E-state index in [0.29, 0.717) is 41.5 Å². The summed E-state index contributed by atoms with van der Waals surface area (Å²) in [5.41, 5.74) is 2.38. The van der Waals surface area contributed by atoms with Gasteiger partial charge in [-0.05, 0) is 48.5 Å². The van der Waals surface area contributed by atoms with Gasteiger partial charge in [0.15, 0.2) is 11.5 Å². The summed E-state index contributed by atoms with van der Waals surface area (Å²) in [5, 5.41) is 2.84. The smallest absolute Gasteiger partial charge is 0.258 e. The van der Waals surface area contributed by atoms with E-state index in [9.17, 15) is 9.59 Å². The normalized spacial score (nSPS) is 12.2. The van der Waals surface area contributed by atoms with Crippen LogP contribution in [0.25, 0.3) is 0 Å². The molecular weight excluding hydrogens is 368 g/mol. The third-order valence-corrected chi connectivity index (χ3v) is 4.64. The third kappa shape index (κ3) is 4.06. The van der Waals surface area contributed by atoms with Gasteiger partial charge in [-0.3, -0.25) is 9.59 Å². The summed E-state index contributed by atoms with van der Waals surface area (Å²) in [6.45, 7) is 1.00.